The Balaban J connectivity index is 0.000000257. The Bertz CT molecular complexity index is 527. The number of nitrogens with zero attached hydrogens (tertiary/aromatic N) is 4. The van der Waals surface area contributed by atoms with Crippen LogP contribution < -0.4 is 0 Å². The molecule has 0 atom stereocenters. The van der Waals surface area contributed by atoms with Crippen molar-refractivity contribution in [3.63, 3.8) is 0 Å². The van der Waals surface area contributed by atoms with Gasteiger partial charge in [0.05, 0.1) is 0 Å². The number of carbonyl (C=O) groups is 2. The van der Waals surface area contributed by atoms with E-state index >= 15 is 0 Å². The van der Waals surface area contributed by atoms with Gasteiger partial charge in [-0.1, -0.05) is 0 Å². The first-order valence-corrected chi connectivity index (χ1v) is 7.85. The molecule has 0 spiro atoms. The molecule has 0 aromatic rings. The standard InChI is InChI=1S/C9H12N4.2C2H4O2.Pd/c1-10-3-5-12(7-10)9-13-6-4-11(2)8-13;2*1-2(3)4;/h3-6H,9H2,1-2H3;2*1H3,(H,3,4);. The van der Waals surface area contributed by atoms with Crippen molar-refractivity contribution in [1.82, 2.24) is 19.6 Å². The van der Waals surface area contributed by atoms with Crippen LogP contribution in [0.2, 0.25) is 0 Å². The average Bonchev–Trinajstić information content (AvgIpc) is 2.91. The Kier molecular flexibility index (Phi) is 6.46. The Hall–Kier alpha value is -1.98. The molecule has 0 radical (unpaired) electrons. The molecule has 0 unspecified atom stereocenters. The fourth-order valence-electron chi connectivity index (χ4n) is 1.63. The van der Waals surface area contributed by atoms with Gasteiger partial charge in [-0.3, -0.25) is 9.59 Å². The van der Waals surface area contributed by atoms with Crippen molar-refractivity contribution in [2.45, 2.75) is 13.8 Å². The molecule has 0 aromatic carbocycles. The third-order valence-corrected chi connectivity index (χ3v) is 5.05. The van der Waals surface area contributed by atoms with Gasteiger partial charge in [-0.2, -0.15) is 0 Å². The van der Waals surface area contributed by atoms with Crippen LogP contribution in [0, 0.1) is 0 Å². The van der Waals surface area contributed by atoms with Crippen molar-refractivity contribution in [2.24, 2.45) is 0 Å². The molecule has 9 heteroatoms. The minimum atomic E-state index is -0.833. The molecular weight excluding hydrogens is 383 g/mol. The second kappa shape index (κ2) is 7.87. The molecule has 126 valence electrons. The summed E-state index contributed by atoms with van der Waals surface area (Å²) in [6.45, 7) is 3.12. The minimum absolute atomic E-state index is 0.531. The van der Waals surface area contributed by atoms with Crippen molar-refractivity contribution < 1.29 is 36.9 Å². The molecule has 0 bridgehead atoms. The fourth-order valence-corrected chi connectivity index (χ4v) is 3.61. The van der Waals surface area contributed by atoms with E-state index < -0.39 is 11.9 Å². The van der Waals surface area contributed by atoms with Crippen LogP contribution >= 0.6 is 0 Å². The molecule has 3 aliphatic heterocycles. The summed E-state index contributed by atoms with van der Waals surface area (Å²) in [5.74, 6) is -1.67. The zero-order valence-corrected chi connectivity index (χ0v) is 14.4. The predicted octanol–water partition coefficient (Wildman–Crippen LogP) is -0.166. The summed E-state index contributed by atoms with van der Waals surface area (Å²) < 4.78 is 2.83. The molecule has 3 heterocycles. The first-order chi connectivity index (χ1) is 10.2. The van der Waals surface area contributed by atoms with E-state index in [1.807, 2.05) is 0 Å². The van der Waals surface area contributed by atoms with E-state index in [4.69, 9.17) is 19.8 Å². The van der Waals surface area contributed by atoms with Gasteiger partial charge in [-0.25, -0.2) is 0 Å². The van der Waals surface area contributed by atoms with Crippen LogP contribution in [0.5, 0.6) is 0 Å². The molecule has 8 nitrogen and oxygen atoms in total. The van der Waals surface area contributed by atoms with Crippen LogP contribution in [-0.2, 0) is 26.7 Å². The third kappa shape index (κ3) is 5.09. The number of carboxylic acid groups (broad SMARTS) is 2. The quantitative estimate of drug-likeness (QED) is 0.540. The number of aliphatic carboxylic acids is 2. The van der Waals surface area contributed by atoms with E-state index in [2.05, 4.69) is 58.5 Å². The van der Waals surface area contributed by atoms with Gasteiger partial charge in [0.2, 0.25) is 0 Å². The Morgan fingerprint density at radius 3 is 1.55 bits per heavy atom. The van der Waals surface area contributed by atoms with Crippen LogP contribution in [0.4, 0.5) is 0 Å². The van der Waals surface area contributed by atoms with Crippen LogP contribution in [0.15, 0.2) is 24.8 Å². The molecule has 0 saturated heterocycles. The van der Waals surface area contributed by atoms with E-state index in [1.165, 1.54) is 8.46 Å². The summed E-state index contributed by atoms with van der Waals surface area (Å²) in [4.78, 5) is 27.0. The Morgan fingerprint density at radius 1 is 0.909 bits per heavy atom. The zero-order valence-electron chi connectivity index (χ0n) is 12.8. The van der Waals surface area contributed by atoms with Gasteiger partial charge < -0.3 is 10.2 Å². The summed E-state index contributed by atoms with van der Waals surface area (Å²) >= 11 is 0.531. The van der Waals surface area contributed by atoms with Crippen molar-refractivity contribution >= 4 is 20.4 Å². The molecule has 0 amide bonds. The zero-order chi connectivity index (χ0) is 16.9. The number of hydrogen-bond donors (Lipinski definition) is 2. The Morgan fingerprint density at radius 2 is 1.23 bits per heavy atom. The third-order valence-electron chi connectivity index (χ3n) is 2.36. The first kappa shape index (κ1) is 18.1. The summed E-state index contributed by atoms with van der Waals surface area (Å²) in [6.07, 6.45) is 8.55. The Labute approximate surface area is 136 Å². The summed E-state index contributed by atoms with van der Waals surface area (Å²) in [5.41, 5.74) is 0. The van der Waals surface area contributed by atoms with Crippen molar-refractivity contribution in [1.29, 1.82) is 0 Å². The van der Waals surface area contributed by atoms with Crippen LogP contribution in [0.25, 0.3) is 0 Å². The normalized spacial score (nSPS) is 17.8. The molecule has 3 rings (SSSR count). The maximum absolute atomic E-state index is 9.00. The van der Waals surface area contributed by atoms with Crippen molar-refractivity contribution in [2.75, 3.05) is 20.8 Å². The van der Waals surface area contributed by atoms with E-state index in [0.29, 0.717) is 17.1 Å². The van der Waals surface area contributed by atoms with Gasteiger partial charge in [0.1, 0.15) is 0 Å². The fraction of sp³-hybridized carbons (Fsp3) is 0.385. The van der Waals surface area contributed by atoms with Gasteiger partial charge in [0.25, 0.3) is 11.9 Å². The number of carboxylic acids is 2. The van der Waals surface area contributed by atoms with Crippen LogP contribution in [0.3, 0.4) is 0 Å². The summed E-state index contributed by atoms with van der Waals surface area (Å²) in [6, 6.07) is 0. The second-order valence-corrected chi connectivity index (χ2v) is 6.28. The van der Waals surface area contributed by atoms with Gasteiger partial charge in [0.15, 0.2) is 0 Å². The molecule has 0 fully saturated rings. The first-order valence-electron chi connectivity index (χ1n) is 6.29. The van der Waals surface area contributed by atoms with E-state index in [9.17, 15) is 0 Å². The predicted molar refractivity (Wildman–Crippen MR) is 79.0 cm³/mol. The van der Waals surface area contributed by atoms with Crippen molar-refractivity contribution in [3.8, 4) is 0 Å². The average molecular weight is 403 g/mol. The number of hydrogen-bond acceptors (Lipinski definition) is 6. The van der Waals surface area contributed by atoms with Crippen LogP contribution in [-0.4, -0.2) is 71.0 Å². The molecule has 0 saturated carbocycles. The molecule has 0 aliphatic carbocycles. The SMILES string of the molecule is CC(=O)O.CC(=O)O.CN1C=CN2CN3C=CN(C)[C]3=[Pd]=[C]12. The monoisotopic (exact) mass is 402 g/mol. The van der Waals surface area contributed by atoms with Gasteiger partial charge in [-0.05, 0) is 0 Å². The van der Waals surface area contributed by atoms with Gasteiger partial charge in [0, 0.05) is 13.8 Å². The second-order valence-electron chi connectivity index (χ2n) is 4.50. The van der Waals surface area contributed by atoms with Crippen LogP contribution in [0.1, 0.15) is 13.8 Å². The molecule has 0 aromatic heterocycles. The van der Waals surface area contributed by atoms with Crippen molar-refractivity contribution in [3.05, 3.63) is 24.8 Å². The molecule has 2 N–H and O–H groups in total. The topological polar surface area (TPSA) is 87.6 Å². The van der Waals surface area contributed by atoms with E-state index in [-0.39, 0.29) is 0 Å². The summed E-state index contributed by atoms with van der Waals surface area (Å²) in [7, 11) is 4.23. The number of rotatable bonds is 0. The number of fused-ring (bicyclic) bond motifs is 2. The molecular formula is C13H20N4O4Pd. The maximum atomic E-state index is 9.00. The molecule has 3 aliphatic rings. The summed E-state index contributed by atoms with van der Waals surface area (Å²) in [5, 5.41) is 14.8. The van der Waals surface area contributed by atoms with Gasteiger partial charge >= 0.3 is 90.7 Å². The molecule has 22 heavy (non-hydrogen) atoms. The van der Waals surface area contributed by atoms with Gasteiger partial charge in [-0.15, -0.1) is 0 Å². The van der Waals surface area contributed by atoms with E-state index in [0.717, 1.165) is 20.5 Å². The van der Waals surface area contributed by atoms with E-state index in [1.54, 1.807) is 0 Å².